The van der Waals surface area contributed by atoms with Gasteiger partial charge in [-0.25, -0.2) is 0 Å². The number of carbonyl (C=O) groups excluding carboxylic acids is 3. The Balaban J connectivity index is 2.46. The molecular formula is C10H16N2O4. The summed E-state index contributed by atoms with van der Waals surface area (Å²) in [5.41, 5.74) is 0. The van der Waals surface area contributed by atoms with Crippen LogP contribution in [-0.2, 0) is 19.1 Å². The molecular weight excluding hydrogens is 212 g/mol. The van der Waals surface area contributed by atoms with Crippen LogP contribution in [-0.4, -0.2) is 48.9 Å². The molecule has 1 atom stereocenters. The highest BCUT2D eigenvalue weighted by atomic mass is 16.5. The summed E-state index contributed by atoms with van der Waals surface area (Å²) < 4.78 is 4.92. The number of piperidine rings is 1. The van der Waals surface area contributed by atoms with E-state index in [0.29, 0.717) is 13.0 Å². The Morgan fingerprint density at radius 2 is 2.25 bits per heavy atom. The largest absolute Gasteiger partial charge is 0.372 e. The van der Waals surface area contributed by atoms with Gasteiger partial charge in [0.05, 0.1) is 0 Å². The van der Waals surface area contributed by atoms with Gasteiger partial charge in [0.1, 0.15) is 12.6 Å². The fraction of sp³-hybridized carbons (Fsp3) is 0.700. The average molecular weight is 228 g/mol. The first-order valence-electron chi connectivity index (χ1n) is 5.23. The van der Waals surface area contributed by atoms with E-state index in [4.69, 9.17) is 4.74 Å². The van der Waals surface area contributed by atoms with Crippen LogP contribution >= 0.6 is 0 Å². The lowest BCUT2D eigenvalue weighted by Gasteiger charge is -2.28. The summed E-state index contributed by atoms with van der Waals surface area (Å²) in [4.78, 5) is 35.1. The van der Waals surface area contributed by atoms with Gasteiger partial charge >= 0.3 is 0 Å². The van der Waals surface area contributed by atoms with Gasteiger partial charge in [-0.2, -0.15) is 0 Å². The maximum atomic E-state index is 11.6. The Labute approximate surface area is 93.9 Å². The number of carbonyl (C=O) groups is 3. The number of likely N-dealkylation sites (N-methyl/N-ethyl adjacent to an activating group) is 1. The first-order valence-corrected chi connectivity index (χ1v) is 5.23. The van der Waals surface area contributed by atoms with E-state index in [-0.39, 0.29) is 30.7 Å². The van der Waals surface area contributed by atoms with Crippen molar-refractivity contribution < 1.29 is 19.1 Å². The van der Waals surface area contributed by atoms with E-state index in [9.17, 15) is 14.4 Å². The van der Waals surface area contributed by atoms with Gasteiger partial charge in [0, 0.05) is 20.1 Å². The van der Waals surface area contributed by atoms with Gasteiger partial charge in [-0.1, -0.05) is 0 Å². The summed E-state index contributed by atoms with van der Waals surface area (Å²) in [5.74, 6) is -0.899. The van der Waals surface area contributed by atoms with Crippen LogP contribution in [0.1, 0.15) is 19.8 Å². The van der Waals surface area contributed by atoms with Crippen LogP contribution in [0, 0.1) is 0 Å². The molecule has 0 bridgehead atoms. The Morgan fingerprint density at radius 3 is 2.88 bits per heavy atom. The van der Waals surface area contributed by atoms with E-state index >= 15 is 0 Å². The van der Waals surface area contributed by atoms with Gasteiger partial charge in [-0.15, -0.1) is 0 Å². The minimum Gasteiger partial charge on any atom is -0.372 e. The van der Waals surface area contributed by atoms with Crippen molar-refractivity contribution >= 4 is 17.7 Å². The van der Waals surface area contributed by atoms with E-state index in [0.717, 1.165) is 4.90 Å². The molecule has 1 N–H and O–H groups in total. The van der Waals surface area contributed by atoms with Crippen molar-refractivity contribution in [3.8, 4) is 0 Å². The minimum absolute atomic E-state index is 0.0576. The first kappa shape index (κ1) is 12.6. The Hall–Kier alpha value is -1.43. The molecule has 0 aliphatic carbocycles. The normalized spacial score (nSPS) is 21.1. The molecule has 6 heteroatoms. The summed E-state index contributed by atoms with van der Waals surface area (Å²) in [6.07, 6.45) is 0.641. The van der Waals surface area contributed by atoms with E-state index < -0.39 is 6.04 Å². The van der Waals surface area contributed by atoms with Crippen molar-refractivity contribution in [3.05, 3.63) is 0 Å². The Kier molecular flexibility index (Phi) is 4.42. The number of imide groups is 1. The second kappa shape index (κ2) is 5.60. The van der Waals surface area contributed by atoms with Gasteiger partial charge in [0.2, 0.25) is 11.8 Å². The minimum atomic E-state index is -0.601. The van der Waals surface area contributed by atoms with Crippen molar-refractivity contribution in [2.24, 2.45) is 0 Å². The number of hydrogen-bond donors (Lipinski definition) is 1. The summed E-state index contributed by atoms with van der Waals surface area (Å²) in [7, 11) is 1.42. The molecule has 1 saturated heterocycles. The fourth-order valence-corrected chi connectivity index (χ4v) is 1.48. The zero-order valence-corrected chi connectivity index (χ0v) is 9.49. The van der Waals surface area contributed by atoms with Crippen molar-refractivity contribution in [2.75, 3.05) is 20.3 Å². The van der Waals surface area contributed by atoms with Gasteiger partial charge < -0.3 is 10.1 Å². The summed E-state index contributed by atoms with van der Waals surface area (Å²) in [6.45, 7) is 2.17. The number of hydrogen-bond acceptors (Lipinski definition) is 4. The number of nitrogens with one attached hydrogen (secondary N) is 1. The average Bonchev–Trinajstić information content (AvgIpc) is 2.27. The maximum Gasteiger partial charge on any atom is 0.251 e. The summed E-state index contributed by atoms with van der Waals surface area (Å²) in [5, 5.41) is 2.55. The zero-order chi connectivity index (χ0) is 12.1. The first-order chi connectivity index (χ1) is 7.56. The zero-order valence-electron chi connectivity index (χ0n) is 9.49. The third kappa shape index (κ3) is 3.03. The van der Waals surface area contributed by atoms with E-state index in [1.54, 1.807) is 6.92 Å². The predicted octanol–water partition coefficient (Wildman–Crippen LogP) is -0.713. The standard InChI is InChI=1S/C10H16N2O4/c1-3-16-6-8(13)11-7-4-5-9(14)12(2)10(7)15/h7H,3-6H2,1-2H3,(H,11,13). The van der Waals surface area contributed by atoms with Crippen molar-refractivity contribution in [1.82, 2.24) is 10.2 Å². The number of nitrogens with zero attached hydrogens (tertiary/aromatic N) is 1. The van der Waals surface area contributed by atoms with Crippen LogP contribution < -0.4 is 5.32 Å². The molecule has 16 heavy (non-hydrogen) atoms. The van der Waals surface area contributed by atoms with Gasteiger partial charge in [0.25, 0.3) is 5.91 Å². The summed E-state index contributed by atoms with van der Waals surface area (Å²) >= 11 is 0. The number of ether oxygens (including phenoxy) is 1. The van der Waals surface area contributed by atoms with E-state index in [1.807, 2.05) is 0 Å². The predicted molar refractivity (Wildman–Crippen MR) is 55.4 cm³/mol. The smallest absolute Gasteiger partial charge is 0.251 e. The molecule has 3 amide bonds. The molecule has 1 aliphatic heterocycles. The molecule has 1 rings (SSSR count). The van der Waals surface area contributed by atoms with Crippen LogP contribution in [0.3, 0.4) is 0 Å². The van der Waals surface area contributed by atoms with Crippen LogP contribution in [0.25, 0.3) is 0 Å². The molecule has 90 valence electrons. The lowest BCUT2D eigenvalue weighted by molar-refractivity contribution is -0.149. The third-order valence-corrected chi connectivity index (χ3v) is 2.42. The Morgan fingerprint density at radius 1 is 1.56 bits per heavy atom. The molecule has 0 aromatic heterocycles. The SMILES string of the molecule is CCOCC(=O)NC1CCC(=O)N(C)C1=O. The molecule has 1 fully saturated rings. The molecule has 0 aromatic carbocycles. The van der Waals surface area contributed by atoms with Gasteiger partial charge in [-0.3, -0.25) is 19.3 Å². The quantitative estimate of drug-likeness (QED) is 0.645. The lowest BCUT2D eigenvalue weighted by atomic mass is 10.0. The molecule has 0 saturated carbocycles. The molecule has 1 unspecified atom stereocenters. The van der Waals surface area contributed by atoms with Crippen LogP contribution in [0.15, 0.2) is 0 Å². The van der Waals surface area contributed by atoms with E-state index in [1.165, 1.54) is 7.05 Å². The van der Waals surface area contributed by atoms with Crippen molar-refractivity contribution in [1.29, 1.82) is 0 Å². The second-order valence-electron chi connectivity index (χ2n) is 3.59. The number of amides is 3. The highest BCUT2D eigenvalue weighted by Crippen LogP contribution is 2.11. The van der Waals surface area contributed by atoms with Crippen LogP contribution in [0.4, 0.5) is 0 Å². The topological polar surface area (TPSA) is 75.7 Å². The van der Waals surface area contributed by atoms with Gasteiger partial charge in [0.15, 0.2) is 0 Å². The van der Waals surface area contributed by atoms with Gasteiger partial charge in [-0.05, 0) is 13.3 Å². The molecule has 0 spiro atoms. The van der Waals surface area contributed by atoms with Crippen LogP contribution in [0.5, 0.6) is 0 Å². The number of likely N-dealkylation sites (tertiary alicyclic amines) is 1. The molecule has 0 aromatic rings. The Bertz CT molecular complexity index is 303. The lowest BCUT2D eigenvalue weighted by Crippen LogP contribution is -2.53. The highest BCUT2D eigenvalue weighted by molar-refractivity contribution is 6.01. The molecule has 6 nitrogen and oxygen atoms in total. The molecule has 1 aliphatic rings. The third-order valence-electron chi connectivity index (χ3n) is 2.42. The molecule has 1 heterocycles. The second-order valence-corrected chi connectivity index (χ2v) is 3.59. The monoisotopic (exact) mass is 228 g/mol. The molecule has 0 radical (unpaired) electrons. The van der Waals surface area contributed by atoms with Crippen molar-refractivity contribution in [3.63, 3.8) is 0 Å². The maximum absolute atomic E-state index is 11.6. The van der Waals surface area contributed by atoms with E-state index in [2.05, 4.69) is 5.32 Å². The highest BCUT2D eigenvalue weighted by Gasteiger charge is 2.32. The number of rotatable bonds is 4. The van der Waals surface area contributed by atoms with Crippen molar-refractivity contribution in [2.45, 2.75) is 25.8 Å². The summed E-state index contributed by atoms with van der Waals surface area (Å²) in [6, 6.07) is -0.601. The van der Waals surface area contributed by atoms with Crippen LogP contribution in [0.2, 0.25) is 0 Å². The fourth-order valence-electron chi connectivity index (χ4n) is 1.48.